The predicted molar refractivity (Wildman–Crippen MR) is 67.4 cm³/mol. The Morgan fingerprint density at radius 3 is 2.67 bits per heavy atom. The lowest BCUT2D eigenvalue weighted by atomic mass is 10.0. The Kier molecular flexibility index (Phi) is 4.97. The van der Waals surface area contributed by atoms with Gasteiger partial charge < -0.3 is 19.7 Å². The van der Waals surface area contributed by atoms with E-state index in [1.54, 1.807) is 12.1 Å². The third kappa shape index (κ3) is 3.22. The van der Waals surface area contributed by atoms with Gasteiger partial charge in [-0.1, -0.05) is 18.2 Å². The highest BCUT2D eigenvalue weighted by Gasteiger charge is 2.22. The third-order valence-electron chi connectivity index (χ3n) is 2.92. The van der Waals surface area contributed by atoms with Gasteiger partial charge in [-0.05, 0) is 18.1 Å². The molecule has 4 nitrogen and oxygen atoms in total. The van der Waals surface area contributed by atoms with Crippen molar-refractivity contribution in [3.05, 3.63) is 35.4 Å². The average molecular weight is 273 g/mol. The summed E-state index contributed by atoms with van der Waals surface area (Å²) < 4.78 is 10.8. The van der Waals surface area contributed by atoms with Crippen LogP contribution in [-0.2, 0) is 9.47 Å². The van der Waals surface area contributed by atoms with E-state index in [9.17, 15) is 10.2 Å². The second kappa shape index (κ2) is 6.50. The number of hydrogen-bond donors (Lipinski definition) is 2. The molecule has 1 fully saturated rings. The third-order valence-corrected chi connectivity index (χ3v) is 3.13. The van der Waals surface area contributed by atoms with Gasteiger partial charge in [0.25, 0.3) is 0 Å². The fraction of sp³-hybridized carbons (Fsp3) is 0.538. The van der Waals surface area contributed by atoms with Crippen LogP contribution in [0.1, 0.15) is 29.9 Å². The zero-order valence-corrected chi connectivity index (χ0v) is 10.7. The first kappa shape index (κ1) is 13.8. The molecule has 100 valence electrons. The van der Waals surface area contributed by atoms with E-state index in [2.05, 4.69) is 0 Å². The number of aliphatic hydroxyl groups is 2. The van der Waals surface area contributed by atoms with Gasteiger partial charge in [-0.25, -0.2) is 0 Å². The molecule has 5 heteroatoms. The maximum Gasteiger partial charge on any atom is 0.184 e. The van der Waals surface area contributed by atoms with E-state index >= 15 is 0 Å². The first-order valence-corrected chi connectivity index (χ1v) is 6.51. The molecule has 1 saturated heterocycles. The van der Waals surface area contributed by atoms with Crippen LogP contribution in [0, 0.1) is 0 Å². The predicted octanol–water partition coefficient (Wildman–Crippen LogP) is 1.76. The summed E-state index contributed by atoms with van der Waals surface area (Å²) in [6, 6.07) is 7.24. The molecule has 1 aromatic rings. The Balaban J connectivity index is 2.10. The van der Waals surface area contributed by atoms with E-state index in [0.717, 1.165) is 5.56 Å². The van der Waals surface area contributed by atoms with Crippen molar-refractivity contribution in [2.24, 2.45) is 0 Å². The molecule has 0 aromatic heterocycles. The minimum Gasteiger partial charge on any atom is -0.390 e. The molecule has 2 atom stereocenters. The van der Waals surface area contributed by atoms with Crippen LogP contribution in [0.2, 0.25) is 0 Å². The molecule has 1 aliphatic rings. The zero-order chi connectivity index (χ0) is 13.0. The second-order valence-corrected chi connectivity index (χ2v) is 4.61. The summed E-state index contributed by atoms with van der Waals surface area (Å²) in [6.45, 7) is 1.15. The summed E-state index contributed by atoms with van der Waals surface area (Å²) in [7, 11) is 0. The van der Waals surface area contributed by atoms with Crippen LogP contribution in [0.15, 0.2) is 24.3 Å². The number of aliphatic hydroxyl groups excluding tert-OH is 2. The summed E-state index contributed by atoms with van der Waals surface area (Å²) >= 11 is 5.55. The highest BCUT2D eigenvalue weighted by molar-refractivity contribution is 6.17. The molecule has 2 N–H and O–H groups in total. The maximum absolute atomic E-state index is 10.00. The Morgan fingerprint density at radius 2 is 2.00 bits per heavy atom. The fourth-order valence-corrected chi connectivity index (χ4v) is 2.16. The van der Waals surface area contributed by atoms with Gasteiger partial charge >= 0.3 is 0 Å². The molecule has 18 heavy (non-hydrogen) atoms. The van der Waals surface area contributed by atoms with Crippen molar-refractivity contribution in [2.75, 3.05) is 19.1 Å². The Hall–Kier alpha value is -0.650. The van der Waals surface area contributed by atoms with E-state index < -0.39 is 12.2 Å². The van der Waals surface area contributed by atoms with Gasteiger partial charge in [0.2, 0.25) is 0 Å². The lowest BCUT2D eigenvalue weighted by molar-refractivity contribution is -0.0444. The molecular weight excluding hydrogens is 256 g/mol. The van der Waals surface area contributed by atoms with Gasteiger partial charge in [-0.3, -0.25) is 0 Å². The molecule has 0 amide bonds. The van der Waals surface area contributed by atoms with Gasteiger partial charge in [-0.2, -0.15) is 0 Å². The number of rotatable bonds is 5. The van der Waals surface area contributed by atoms with Crippen LogP contribution >= 0.6 is 11.6 Å². The monoisotopic (exact) mass is 272 g/mol. The maximum atomic E-state index is 10.00. The highest BCUT2D eigenvalue weighted by Crippen LogP contribution is 2.27. The number of halogens is 1. The topological polar surface area (TPSA) is 58.9 Å². The van der Waals surface area contributed by atoms with Crippen molar-refractivity contribution in [1.82, 2.24) is 0 Å². The number of hydrogen-bond acceptors (Lipinski definition) is 4. The van der Waals surface area contributed by atoms with Gasteiger partial charge in [0.05, 0.1) is 19.3 Å². The molecule has 0 spiro atoms. The van der Waals surface area contributed by atoms with Gasteiger partial charge in [0.1, 0.15) is 6.10 Å². The average Bonchev–Trinajstić information content (AvgIpc) is 2.92. The second-order valence-electron chi connectivity index (χ2n) is 4.23. The zero-order valence-electron chi connectivity index (χ0n) is 9.96. The highest BCUT2D eigenvalue weighted by atomic mass is 35.5. The normalized spacial score (nSPS) is 19.9. The number of ether oxygens (including phenoxy) is 2. The van der Waals surface area contributed by atoms with Crippen molar-refractivity contribution >= 4 is 11.6 Å². The van der Waals surface area contributed by atoms with E-state index in [1.807, 2.05) is 12.1 Å². The smallest absolute Gasteiger partial charge is 0.184 e. The van der Waals surface area contributed by atoms with Gasteiger partial charge in [-0.15, -0.1) is 11.6 Å². The van der Waals surface area contributed by atoms with Crippen LogP contribution in [0.5, 0.6) is 0 Å². The lowest BCUT2D eigenvalue weighted by Crippen LogP contribution is -2.19. The Morgan fingerprint density at radius 1 is 1.28 bits per heavy atom. The first-order chi connectivity index (χ1) is 8.72. The van der Waals surface area contributed by atoms with Gasteiger partial charge in [0.15, 0.2) is 6.29 Å². The molecule has 0 bridgehead atoms. The van der Waals surface area contributed by atoms with Crippen molar-refractivity contribution in [3.8, 4) is 0 Å². The molecule has 2 unspecified atom stereocenters. The molecule has 1 aromatic carbocycles. The van der Waals surface area contributed by atoms with Crippen LogP contribution < -0.4 is 0 Å². The van der Waals surface area contributed by atoms with E-state index in [4.69, 9.17) is 21.1 Å². The Bertz CT molecular complexity index is 379. The Labute approximate surface area is 111 Å². The minimum absolute atomic E-state index is 0.312. The standard InChI is InChI=1S/C13H17ClO4/c14-5-4-11(15)12(16)9-2-1-3-10(8-9)13-17-6-7-18-13/h1-3,8,11-13,15-16H,4-7H2. The molecule has 0 aliphatic carbocycles. The summed E-state index contributed by atoms with van der Waals surface area (Å²) in [5.41, 5.74) is 1.49. The van der Waals surface area contributed by atoms with Crippen molar-refractivity contribution in [3.63, 3.8) is 0 Å². The number of benzene rings is 1. The fourth-order valence-electron chi connectivity index (χ4n) is 1.93. The summed E-state index contributed by atoms with van der Waals surface area (Å²) in [4.78, 5) is 0. The first-order valence-electron chi connectivity index (χ1n) is 5.97. The molecule has 0 radical (unpaired) electrons. The summed E-state index contributed by atoms with van der Waals surface area (Å²) in [5, 5.41) is 19.7. The number of alkyl halides is 1. The molecule has 1 heterocycles. The lowest BCUT2D eigenvalue weighted by Gasteiger charge is -2.18. The molecular formula is C13H17ClO4. The van der Waals surface area contributed by atoms with Crippen LogP contribution in [-0.4, -0.2) is 35.4 Å². The van der Waals surface area contributed by atoms with E-state index in [0.29, 0.717) is 31.1 Å². The van der Waals surface area contributed by atoms with Crippen LogP contribution in [0.25, 0.3) is 0 Å². The van der Waals surface area contributed by atoms with Crippen molar-refractivity contribution < 1.29 is 19.7 Å². The summed E-state index contributed by atoms with van der Waals surface area (Å²) in [5.74, 6) is 0.312. The molecule has 2 rings (SSSR count). The largest absolute Gasteiger partial charge is 0.390 e. The van der Waals surface area contributed by atoms with E-state index in [1.165, 1.54) is 0 Å². The SMILES string of the molecule is OC(CCCl)C(O)c1cccc(C2OCCO2)c1. The van der Waals surface area contributed by atoms with Gasteiger partial charge in [0, 0.05) is 11.4 Å². The van der Waals surface area contributed by atoms with Crippen molar-refractivity contribution in [1.29, 1.82) is 0 Å². The van der Waals surface area contributed by atoms with Crippen LogP contribution in [0.3, 0.4) is 0 Å². The quantitative estimate of drug-likeness (QED) is 0.802. The summed E-state index contributed by atoms with van der Waals surface area (Å²) in [6.07, 6.45) is -1.82. The van der Waals surface area contributed by atoms with Crippen LogP contribution in [0.4, 0.5) is 0 Å². The molecule has 1 aliphatic heterocycles. The minimum atomic E-state index is -0.940. The molecule has 0 saturated carbocycles. The van der Waals surface area contributed by atoms with E-state index in [-0.39, 0.29) is 6.29 Å². The van der Waals surface area contributed by atoms with Crippen molar-refractivity contribution in [2.45, 2.75) is 24.9 Å².